The van der Waals surface area contributed by atoms with Gasteiger partial charge in [-0.25, -0.2) is 4.79 Å². The molecule has 2 fully saturated rings. The Hall–Kier alpha value is -1.61. The second-order valence-corrected chi connectivity index (χ2v) is 4.24. The summed E-state index contributed by atoms with van der Waals surface area (Å²) in [6.45, 7) is 4.73. The summed E-state index contributed by atoms with van der Waals surface area (Å²) in [5, 5.41) is 0. The number of hydrogen-bond donors (Lipinski definition) is 0. The molecule has 16 heavy (non-hydrogen) atoms. The Kier molecular flexibility index (Phi) is 1.91. The Morgan fingerprint density at radius 3 is 2.81 bits per heavy atom. The van der Waals surface area contributed by atoms with Crippen molar-refractivity contribution in [3.05, 3.63) is 48.0 Å². The van der Waals surface area contributed by atoms with Gasteiger partial charge in [0, 0.05) is 5.57 Å². The Morgan fingerprint density at radius 2 is 2.06 bits per heavy atom. The highest BCUT2D eigenvalue weighted by molar-refractivity contribution is 5.91. The van der Waals surface area contributed by atoms with Gasteiger partial charge in [-0.1, -0.05) is 36.9 Å². The summed E-state index contributed by atoms with van der Waals surface area (Å²) >= 11 is 0. The summed E-state index contributed by atoms with van der Waals surface area (Å²) in [4.78, 5) is 11.6. The van der Waals surface area contributed by atoms with Gasteiger partial charge in [0.2, 0.25) is 0 Å². The molecule has 3 heteroatoms. The van der Waals surface area contributed by atoms with Gasteiger partial charge >= 0.3 is 5.97 Å². The quantitative estimate of drug-likeness (QED) is 0.529. The van der Waals surface area contributed by atoms with Crippen molar-refractivity contribution in [2.24, 2.45) is 5.92 Å². The molecule has 2 atom stereocenters. The summed E-state index contributed by atoms with van der Waals surface area (Å²) in [6.07, 6.45) is 0. The normalized spacial score (nSPS) is 32.6. The molecule has 1 aromatic rings. The highest BCUT2D eigenvalue weighted by atomic mass is 16.6. The SMILES string of the molecule is C=C1C(=O)O[C@]2(c3ccccc3)COC[C@H]12. The van der Waals surface area contributed by atoms with Crippen molar-refractivity contribution >= 4 is 5.97 Å². The molecule has 0 amide bonds. The molecule has 0 radical (unpaired) electrons. The van der Waals surface area contributed by atoms with Crippen LogP contribution in [0.25, 0.3) is 0 Å². The van der Waals surface area contributed by atoms with E-state index in [1.54, 1.807) is 0 Å². The van der Waals surface area contributed by atoms with Crippen LogP contribution in [0.5, 0.6) is 0 Å². The van der Waals surface area contributed by atoms with Gasteiger partial charge in [0.25, 0.3) is 0 Å². The minimum absolute atomic E-state index is 0.0394. The molecule has 0 spiro atoms. The van der Waals surface area contributed by atoms with Gasteiger partial charge in [0.15, 0.2) is 5.60 Å². The van der Waals surface area contributed by atoms with E-state index < -0.39 is 5.60 Å². The van der Waals surface area contributed by atoms with Crippen molar-refractivity contribution in [1.29, 1.82) is 0 Å². The molecule has 0 unspecified atom stereocenters. The van der Waals surface area contributed by atoms with Gasteiger partial charge in [0.1, 0.15) is 0 Å². The molecule has 0 aromatic heterocycles. The lowest BCUT2D eigenvalue weighted by atomic mass is 9.82. The smallest absolute Gasteiger partial charge is 0.334 e. The molecule has 3 rings (SSSR count). The van der Waals surface area contributed by atoms with E-state index in [4.69, 9.17) is 9.47 Å². The molecule has 2 aliphatic heterocycles. The lowest BCUT2D eigenvalue weighted by Gasteiger charge is -2.25. The third-order valence-electron chi connectivity index (χ3n) is 3.38. The zero-order valence-corrected chi connectivity index (χ0v) is 8.81. The van der Waals surface area contributed by atoms with Gasteiger partial charge < -0.3 is 9.47 Å². The average molecular weight is 216 g/mol. The third kappa shape index (κ3) is 1.09. The minimum atomic E-state index is -0.630. The molecule has 0 saturated carbocycles. The first kappa shape index (κ1) is 9.60. The van der Waals surface area contributed by atoms with Gasteiger partial charge in [0.05, 0.1) is 19.1 Å². The Labute approximate surface area is 93.7 Å². The summed E-state index contributed by atoms with van der Waals surface area (Å²) < 4.78 is 11.0. The van der Waals surface area contributed by atoms with E-state index in [9.17, 15) is 4.79 Å². The van der Waals surface area contributed by atoms with Crippen LogP contribution in [0.4, 0.5) is 0 Å². The van der Waals surface area contributed by atoms with Crippen molar-refractivity contribution < 1.29 is 14.3 Å². The first-order valence-corrected chi connectivity index (χ1v) is 5.29. The van der Waals surface area contributed by atoms with E-state index in [1.165, 1.54) is 0 Å². The first-order valence-electron chi connectivity index (χ1n) is 5.29. The van der Waals surface area contributed by atoms with E-state index in [0.29, 0.717) is 18.8 Å². The summed E-state index contributed by atoms with van der Waals surface area (Å²) in [7, 11) is 0. The summed E-state index contributed by atoms with van der Waals surface area (Å²) in [5.41, 5.74) is 0.890. The predicted molar refractivity (Wildman–Crippen MR) is 57.7 cm³/mol. The maximum absolute atomic E-state index is 11.6. The molecule has 0 aliphatic carbocycles. The number of benzene rings is 1. The highest BCUT2D eigenvalue weighted by Gasteiger charge is 2.56. The first-order chi connectivity index (χ1) is 7.74. The number of esters is 1. The van der Waals surface area contributed by atoms with E-state index in [-0.39, 0.29) is 11.9 Å². The van der Waals surface area contributed by atoms with E-state index >= 15 is 0 Å². The summed E-state index contributed by atoms with van der Waals surface area (Å²) in [5.74, 6) is -0.334. The van der Waals surface area contributed by atoms with Gasteiger partial charge in [-0.3, -0.25) is 0 Å². The Balaban J connectivity index is 2.10. The Morgan fingerprint density at radius 1 is 1.31 bits per heavy atom. The molecular weight excluding hydrogens is 204 g/mol. The molecule has 0 N–H and O–H groups in total. The van der Waals surface area contributed by atoms with E-state index in [1.807, 2.05) is 30.3 Å². The molecule has 82 valence electrons. The molecule has 2 saturated heterocycles. The van der Waals surface area contributed by atoms with E-state index in [2.05, 4.69) is 6.58 Å². The van der Waals surface area contributed by atoms with Gasteiger partial charge in [-0.05, 0) is 5.56 Å². The van der Waals surface area contributed by atoms with Crippen molar-refractivity contribution in [2.45, 2.75) is 5.60 Å². The van der Waals surface area contributed by atoms with Crippen molar-refractivity contribution in [2.75, 3.05) is 13.2 Å². The molecule has 2 aliphatic rings. The minimum Gasteiger partial charge on any atom is -0.448 e. The van der Waals surface area contributed by atoms with Crippen LogP contribution in [-0.2, 0) is 19.9 Å². The maximum Gasteiger partial charge on any atom is 0.334 e. The Bertz CT molecular complexity index is 452. The van der Waals surface area contributed by atoms with Crippen LogP contribution >= 0.6 is 0 Å². The van der Waals surface area contributed by atoms with Crippen molar-refractivity contribution in [3.63, 3.8) is 0 Å². The van der Waals surface area contributed by atoms with Crippen molar-refractivity contribution in [3.8, 4) is 0 Å². The summed E-state index contributed by atoms with van der Waals surface area (Å²) in [6, 6.07) is 9.75. The number of carbonyl (C=O) groups is 1. The van der Waals surface area contributed by atoms with Crippen LogP contribution < -0.4 is 0 Å². The molecule has 0 bridgehead atoms. The highest BCUT2D eigenvalue weighted by Crippen LogP contribution is 2.47. The van der Waals surface area contributed by atoms with Crippen LogP contribution in [0, 0.1) is 5.92 Å². The molecule has 3 nitrogen and oxygen atoms in total. The lowest BCUT2D eigenvalue weighted by molar-refractivity contribution is -0.149. The van der Waals surface area contributed by atoms with Gasteiger partial charge in [-0.2, -0.15) is 0 Å². The second kappa shape index (κ2) is 3.19. The predicted octanol–water partition coefficient (Wildman–Crippen LogP) is 1.64. The third-order valence-corrected chi connectivity index (χ3v) is 3.38. The number of rotatable bonds is 1. The molecule has 1 aromatic carbocycles. The lowest BCUT2D eigenvalue weighted by Crippen LogP contribution is -2.32. The van der Waals surface area contributed by atoms with Gasteiger partial charge in [-0.15, -0.1) is 0 Å². The van der Waals surface area contributed by atoms with Crippen LogP contribution in [0.2, 0.25) is 0 Å². The molecular formula is C13H12O3. The number of ether oxygens (including phenoxy) is 2. The van der Waals surface area contributed by atoms with Crippen LogP contribution in [0.1, 0.15) is 5.56 Å². The number of hydrogen-bond acceptors (Lipinski definition) is 3. The number of carbonyl (C=O) groups excluding carboxylic acids is 1. The van der Waals surface area contributed by atoms with Crippen molar-refractivity contribution in [1.82, 2.24) is 0 Å². The molecule has 2 heterocycles. The average Bonchev–Trinajstić information content (AvgIpc) is 2.82. The van der Waals surface area contributed by atoms with E-state index in [0.717, 1.165) is 5.56 Å². The fourth-order valence-corrected chi connectivity index (χ4v) is 2.48. The van der Waals surface area contributed by atoms with Crippen LogP contribution in [0.3, 0.4) is 0 Å². The fraction of sp³-hybridized carbons (Fsp3) is 0.308. The number of fused-ring (bicyclic) bond motifs is 1. The van der Waals surface area contributed by atoms with Crippen LogP contribution in [0.15, 0.2) is 42.5 Å². The maximum atomic E-state index is 11.6. The standard InChI is InChI=1S/C13H12O3/c1-9-11-7-15-8-13(11,16-12(9)14)10-5-3-2-4-6-10/h2-6,11H,1,7-8H2/t11-,13+/m1/s1. The zero-order valence-electron chi connectivity index (χ0n) is 8.81. The second-order valence-electron chi connectivity index (χ2n) is 4.24. The van der Waals surface area contributed by atoms with Crippen LogP contribution in [-0.4, -0.2) is 19.2 Å². The monoisotopic (exact) mass is 216 g/mol. The fourth-order valence-electron chi connectivity index (χ4n) is 2.48. The topological polar surface area (TPSA) is 35.5 Å². The largest absolute Gasteiger partial charge is 0.448 e. The zero-order chi connectivity index (χ0) is 11.2.